The number of ether oxygens (including phenoxy) is 1. The monoisotopic (exact) mass is 592 g/mol. The highest BCUT2D eigenvalue weighted by atomic mass is 35.5. The number of ketones is 2. The summed E-state index contributed by atoms with van der Waals surface area (Å²) in [5.74, 6) is -1.66. The van der Waals surface area contributed by atoms with E-state index in [1.54, 1.807) is 35.2 Å². The lowest BCUT2D eigenvalue weighted by molar-refractivity contribution is -0.384. The van der Waals surface area contributed by atoms with Crippen molar-refractivity contribution in [2.45, 2.75) is 65.9 Å². The van der Waals surface area contributed by atoms with Crippen LogP contribution in [0.15, 0.2) is 65.0 Å². The molecule has 2 aromatic carbocycles. The van der Waals surface area contributed by atoms with Crippen molar-refractivity contribution < 1.29 is 29.2 Å². The number of allylic oxidation sites excluding steroid dienone is 4. The van der Waals surface area contributed by atoms with E-state index in [1.165, 1.54) is 12.1 Å². The molecule has 0 saturated carbocycles. The van der Waals surface area contributed by atoms with Crippen LogP contribution in [0.2, 0.25) is 5.02 Å². The SMILES string of the molecule is CC1(C)CC(=O)C2=C(C1)N(CC(=O)O)C1=C(C(=O)CC(C)(C)C1)C2c1cc(Cl)ccc1OCc1ccc([N+](=O)[O-])cc1. The van der Waals surface area contributed by atoms with Crippen LogP contribution >= 0.6 is 11.6 Å². The normalized spacial score (nSPS) is 19.9. The van der Waals surface area contributed by atoms with Crippen LogP contribution in [0.25, 0.3) is 0 Å². The predicted octanol–water partition coefficient (Wildman–Crippen LogP) is 6.60. The number of halogens is 1. The van der Waals surface area contributed by atoms with Gasteiger partial charge in [0.1, 0.15) is 18.9 Å². The fourth-order valence-corrected chi connectivity index (χ4v) is 6.62. The lowest BCUT2D eigenvalue weighted by Gasteiger charge is -2.48. The highest BCUT2D eigenvalue weighted by Crippen LogP contribution is 2.55. The fourth-order valence-electron chi connectivity index (χ4n) is 6.44. The van der Waals surface area contributed by atoms with Crippen molar-refractivity contribution in [1.82, 2.24) is 4.90 Å². The molecule has 0 radical (unpaired) electrons. The summed E-state index contributed by atoms with van der Waals surface area (Å²) >= 11 is 6.50. The molecule has 0 saturated heterocycles. The van der Waals surface area contributed by atoms with E-state index < -0.39 is 27.6 Å². The molecule has 9 nitrogen and oxygen atoms in total. The molecule has 0 spiro atoms. The van der Waals surface area contributed by atoms with Gasteiger partial charge in [-0.3, -0.25) is 24.5 Å². The second-order valence-electron chi connectivity index (χ2n) is 12.9. The molecule has 1 heterocycles. The molecule has 0 fully saturated rings. The van der Waals surface area contributed by atoms with Gasteiger partial charge in [-0.2, -0.15) is 0 Å². The number of aliphatic carboxylic acids is 1. The Bertz CT molecular complexity index is 1520. The van der Waals surface area contributed by atoms with Crippen LogP contribution in [0.4, 0.5) is 5.69 Å². The van der Waals surface area contributed by atoms with E-state index in [1.807, 2.05) is 27.7 Å². The molecule has 10 heteroatoms. The minimum Gasteiger partial charge on any atom is -0.489 e. The van der Waals surface area contributed by atoms with Crippen LogP contribution < -0.4 is 4.74 Å². The molecule has 2 aliphatic carbocycles. The Balaban J connectivity index is 1.67. The van der Waals surface area contributed by atoms with E-state index in [0.29, 0.717) is 57.3 Å². The number of nitrogens with zero attached hydrogens (tertiary/aromatic N) is 2. The van der Waals surface area contributed by atoms with Crippen LogP contribution in [0.3, 0.4) is 0 Å². The summed E-state index contributed by atoms with van der Waals surface area (Å²) in [5.41, 5.74) is 2.54. The van der Waals surface area contributed by atoms with E-state index in [9.17, 15) is 29.6 Å². The quantitative estimate of drug-likeness (QED) is 0.281. The third-order valence-corrected chi connectivity index (χ3v) is 8.37. The van der Waals surface area contributed by atoms with E-state index in [-0.39, 0.29) is 43.2 Å². The van der Waals surface area contributed by atoms with Crippen molar-refractivity contribution >= 4 is 34.8 Å². The topological polar surface area (TPSA) is 127 Å². The summed E-state index contributed by atoms with van der Waals surface area (Å²) in [6.07, 6.45) is 1.46. The van der Waals surface area contributed by atoms with Gasteiger partial charge in [-0.15, -0.1) is 0 Å². The average Bonchev–Trinajstić information content (AvgIpc) is 2.87. The maximum Gasteiger partial charge on any atom is 0.323 e. The summed E-state index contributed by atoms with van der Waals surface area (Å²) in [6.45, 7) is 7.68. The molecular weight excluding hydrogens is 560 g/mol. The number of Topliss-reactive ketones (excluding diaryl/α,β-unsaturated/α-hetero) is 2. The number of hydrogen-bond acceptors (Lipinski definition) is 7. The highest BCUT2D eigenvalue weighted by Gasteiger charge is 2.49. The van der Waals surface area contributed by atoms with E-state index in [4.69, 9.17) is 16.3 Å². The van der Waals surface area contributed by atoms with Crippen LogP contribution in [-0.4, -0.2) is 39.0 Å². The largest absolute Gasteiger partial charge is 0.489 e. The second-order valence-corrected chi connectivity index (χ2v) is 13.3. The van der Waals surface area contributed by atoms with Crippen molar-refractivity contribution in [1.29, 1.82) is 0 Å². The number of carboxylic acid groups (broad SMARTS) is 1. The first kappa shape index (κ1) is 29.5. The van der Waals surface area contributed by atoms with Gasteiger partial charge < -0.3 is 14.7 Å². The van der Waals surface area contributed by atoms with E-state index >= 15 is 0 Å². The van der Waals surface area contributed by atoms with Gasteiger partial charge in [0, 0.05) is 64.0 Å². The Kier molecular flexibility index (Phi) is 7.51. The van der Waals surface area contributed by atoms with Crippen molar-refractivity contribution in [3.8, 4) is 5.75 Å². The molecule has 0 amide bonds. The maximum absolute atomic E-state index is 13.9. The molecule has 1 N–H and O–H groups in total. The summed E-state index contributed by atoms with van der Waals surface area (Å²) in [5, 5.41) is 21.3. The van der Waals surface area contributed by atoms with E-state index in [2.05, 4.69) is 0 Å². The first-order valence-electron chi connectivity index (χ1n) is 13.8. The van der Waals surface area contributed by atoms with E-state index in [0.717, 1.165) is 0 Å². The van der Waals surface area contributed by atoms with Crippen molar-refractivity contribution in [3.63, 3.8) is 0 Å². The minimum atomic E-state index is -1.05. The van der Waals surface area contributed by atoms with Gasteiger partial charge in [0.05, 0.1) is 4.92 Å². The van der Waals surface area contributed by atoms with Gasteiger partial charge in [0.2, 0.25) is 0 Å². The van der Waals surface area contributed by atoms with Gasteiger partial charge in [-0.05, 0) is 59.6 Å². The van der Waals surface area contributed by atoms with Crippen molar-refractivity contribution in [2.24, 2.45) is 10.8 Å². The van der Waals surface area contributed by atoms with Crippen LogP contribution in [0, 0.1) is 20.9 Å². The number of non-ortho nitro benzene ring substituents is 1. The number of benzene rings is 2. The van der Waals surface area contributed by atoms with Crippen LogP contribution in [0.5, 0.6) is 5.75 Å². The second kappa shape index (κ2) is 10.7. The van der Waals surface area contributed by atoms with Gasteiger partial charge in [0.15, 0.2) is 11.6 Å². The number of nitro groups is 1. The highest BCUT2D eigenvalue weighted by molar-refractivity contribution is 6.30. The predicted molar refractivity (Wildman–Crippen MR) is 156 cm³/mol. The zero-order valence-corrected chi connectivity index (χ0v) is 24.8. The third-order valence-electron chi connectivity index (χ3n) is 8.14. The summed E-state index contributed by atoms with van der Waals surface area (Å²) in [7, 11) is 0. The molecular formula is C32H33ClN2O7. The molecule has 2 aromatic rings. The van der Waals surface area contributed by atoms with Crippen molar-refractivity contribution in [3.05, 3.63) is 91.3 Å². The van der Waals surface area contributed by atoms with Gasteiger partial charge in [-0.1, -0.05) is 39.3 Å². The molecule has 5 rings (SSSR count). The first-order valence-corrected chi connectivity index (χ1v) is 14.2. The minimum absolute atomic E-state index is 0.0320. The Morgan fingerprint density at radius 2 is 1.52 bits per heavy atom. The Labute approximate surface area is 248 Å². The Morgan fingerprint density at radius 1 is 0.976 bits per heavy atom. The number of rotatable bonds is 7. The lowest BCUT2D eigenvalue weighted by atomic mass is 9.63. The van der Waals surface area contributed by atoms with Crippen LogP contribution in [-0.2, 0) is 21.0 Å². The van der Waals surface area contributed by atoms with Crippen molar-refractivity contribution in [2.75, 3.05) is 6.54 Å². The van der Waals surface area contributed by atoms with Gasteiger partial charge in [0.25, 0.3) is 5.69 Å². The summed E-state index contributed by atoms with van der Waals surface area (Å²) < 4.78 is 6.23. The first-order chi connectivity index (χ1) is 19.7. The number of hydrogen-bond donors (Lipinski definition) is 1. The number of carboxylic acids is 1. The summed E-state index contributed by atoms with van der Waals surface area (Å²) in [6, 6.07) is 11.1. The molecule has 0 atom stereocenters. The molecule has 0 aromatic heterocycles. The Hall–Kier alpha value is -3.98. The molecule has 1 aliphatic heterocycles. The summed E-state index contributed by atoms with van der Waals surface area (Å²) in [4.78, 5) is 52.2. The molecule has 0 bridgehead atoms. The lowest BCUT2D eigenvalue weighted by Crippen LogP contribution is -2.45. The number of nitro benzene ring substituents is 1. The average molecular weight is 593 g/mol. The molecule has 42 heavy (non-hydrogen) atoms. The zero-order chi connectivity index (χ0) is 30.6. The third kappa shape index (κ3) is 5.70. The van der Waals surface area contributed by atoms with Gasteiger partial charge >= 0.3 is 5.97 Å². The number of carbonyl (C=O) groups excluding carboxylic acids is 2. The fraction of sp³-hybridized carbons (Fsp3) is 0.406. The van der Waals surface area contributed by atoms with Crippen LogP contribution in [0.1, 0.15) is 70.4 Å². The maximum atomic E-state index is 13.9. The zero-order valence-electron chi connectivity index (χ0n) is 24.0. The number of carbonyl (C=O) groups is 3. The van der Waals surface area contributed by atoms with Gasteiger partial charge in [-0.25, -0.2) is 0 Å². The molecule has 220 valence electrons. The molecule has 3 aliphatic rings. The standard InChI is InChI=1S/C32H33ClN2O7/c1-31(2)12-22-29(24(36)14-31)28(30-23(34(22)16-27(38)39)13-32(3,4)15-25(30)37)21-11-19(33)7-10-26(21)42-17-18-5-8-20(9-6-18)35(40)41/h5-11,28H,12-17H2,1-4H3,(H,38,39). The Morgan fingerprint density at radius 3 is 2.02 bits per heavy atom. The molecule has 0 unspecified atom stereocenters. The smallest absolute Gasteiger partial charge is 0.323 e.